The fourth-order valence-electron chi connectivity index (χ4n) is 0.931. The summed E-state index contributed by atoms with van der Waals surface area (Å²) in [4.78, 5) is 11.3. The van der Waals surface area contributed by atoms with Gasteiger partial charge in [0.25, 0.3) is 5.91 Å². The van der Waals surface area contributed by atoms with Crippen molar-refractivity contribution in [2.75, 3.05) is 0 Å². The van der Waals surface area contributed by atoms with E-state index in [0.29, 0.717) is 0 Å². The summed E-state index contributed by atoms with van der Waals surface area (Å²) in [6.07, 6.45) is 4.83. The summed E-state index contributed by atoms with van der Waals surface area (Å²) in [6.45, 7) is 1.82. The van der Waals surface area contributed by atoms with Gasteiger partial charge in [-0.2, -0.15) is 5.10 Å². The molecule has 1 aromatic rings. The topological polar surface area (TPSA) is 41.5 Å². The summed E-state index contributed by atoms with van der Waals surface area (Å²) in [5.74, 6) is -1.12. The third-order valence-corrected chi connectivity index (χ3v) is 1.64. The predicted octanol–water partition coefficient (Wildman–Crippen LogP) is 2.12. The second-order valence-corrected chi connectivity index (χ2v) is 2.72. The maximum absolute atomic E-state index is 13.1. The van der Waals surface area contributed by atoms with Gasteiger partial charge in [0.05, 0.1) is 5.56 Å². The first-order valence-corrected chi connectivity index (χ1v) is 4.45. The SMILES string of the molecule is C/C=C/C=N/NC(=O)c1ccccc1F. The summed E-state index contributed by atoms with van der Waals surface area (Å²) in [7, 11) is 0. The first-order valence-electron chi connectivity index (χ1n) is 4.45. The van der Waals surface area contributed by atoms with Gasteiger partial charge in [0.15, 0.2) is 0 Å². The van der Waals surface area contributed by atoms with Crippen molar-refractivity contribution < 1.29 is 9.18 Å². The summed E-state index contributed by atoms with van der Waals surface area (Å²) < 4.78 is 13.1. The van der Waals surface area contributed by atoms with Gasteiger partial charge < -0.3 is 0 Å². The zero-order valence-electron chi connectivity index (χ0n) is 8.27. The fourth-order valence-corrected chi connectivity index (χ4v) is 0.931. The molecule has 3 nitrogen and oxygen atoms in total. The number of carbonyl (C=O) groups excluding carboxylic acids is 1. The molecule has 1 aromatic carbocycles. The largest absolute Gasteiger partial charge is 0.274 e. The highest BCUT2D eigenvalue weighted by atomic mass is 19.1. The number of hydrogen-bond acceptors (Lipinski definition) is 2. The molecule has 0 spiro atoms. The molecule has 0 saturated heterocycles. The van der Waals surface area contributed by atoms with Crippen molar-refractivity contribution in [2.45, 2.75) is 6.92 Å². The average Bonchev–Trinajstić information content (AvgIpc) is 2.25. The normalized spacial score (nSPS) is 11.1. The number of nitrogens with zero attached hydrogens (tertiary/aromatic N) is 1. The number of hydrazone groups is 1. The smallest absolute Gasteiger partial charge is 0.267 e. The van der Waals surface area contributed by atoms with Gasteiger partial charge in [0, 0.05) is 6.21 Å². The second kappa shape index (κ2) is 5.70. The van der Waals surface area contributed by atoms with Crippen molar-refractivity contribution in [1.82, 2.24) is 5.43 Å². The highest BCUT2D eigenvalue weighted by Crippen LogP contribution is 2.05. The Morgan fingerprint density at radius 3 is 2.87 bits per heavy atom. The van der Waals surface area contributed by atoms with Crippen LogP contribution < -0.4 is 5.43 Å². The van der Waals surface area contributed by atoms with E-state index >= 15 is 0 Å². The van der Waals surface area contributed by atoms with E-state index in [-0.39, 0.29) is 5.56 Å². The molecule has 4 heteroatoms. The first kappa shape index (κ1) is 11.1. The number of benzene rings is 1. The van der Waals surface area contributed by atoms with Gasteiger partial charge >= 0.3 is 0 Å². The number of nitrogens with one attached hydrogen (secondary N) is 1. The van der Waals surface area contributed by atoms with Crippen LogP contribution in [0, 0.1) is 5.82 Å². The van der Waals surface area contributed by atoms with Crippen molar-refractivity contribution in [2.24, 2.45) is 5.10 Å². The van der Waals surface area contributed by atoms with Crippen LogP contribution in [0.1, 0.15) is 17.3 Å². The van der Waals surface area contributed by atoms with Gasteiger partial charge in [0.1, 0.15) is 5.82 Å². The lowest BCUT2D eigenvalue weighted by Gasteiger charge is -1.99. The minimum absolute atomic E-state index is 0.0184. The quantitative estimate of drug-likeness (QED) is 0.597. The molecule has 0 aliphatic heterocycles. The molecular formula is C11H11FN2O. The number of amides is 1. The van der Waals surface area contributed by atoms with Gasteiger partial charge in [-0.05, 0) is 25.1 Å². The number of carbonyl (C=O) groups is 1. The van der Waals surface area contributed by atoms with E-state index in [4.69, 9.17) is 0 Å². The Bertz CT molecular complexity index is 399. The molecule has 1 N–H and O–H groups in total. The van der Waals surface area contributed by atoms with Gasteiger partial charge in [0.2, 0.25) is 0 Å². The molecule has 0 bridgehead atoms. The summed E-state index contributed by atoms with van der Waals surface area (Å²) >= 11 is 0. The lowest BCUT2D eigenvalue weighted by molar-refractivity contribution is 0.0951. The summed E-state index contributed by atoms with van der Waals surface area (Å²) in [5.41, 5.74) is 2.20. The number of hydrogen-bond donors (Lipinski definition) is 1. The number of rotatable bonds is 3. The van der Waals surface area contributed by atoms with Crippen molar-refractivity contribution in [1.29, 1.82) is 0 Å². The molecule has 0 saturated carbocycles. The van der Waals surface area contributed by atoms with Crippen LogP contribution >= 0.6 is 0 Å². The third kappa shape index (κ3) is 3.34. The lowest BCUT2D eigenvalue weighted by Crippen LogP contribution is -2.18. The maximum atomic E-state index is 13.1. The Morgan fingerprint density at radius 2 is 2.20 bits per heavy atom. The molecule has 0 aromatic heterocycles. The monoisotopic (exact) mass is 206 g/mol. The Kier molecular flexibility index (Phi) is 4.22. The van der Waals surface area contributed by atoms with E-state index in [0.717, 1.165) is 0 Å². The zero-order valence-corrected chi connectivity index (χ0v) is 8.27. The van der Waals surface area contributed by atoms with Crippen molar-refractivity contribution >= 4 is 12.1 Å². The molecule has 15 heavy (non-hydrogen) atoms. The number of halogens is 1. The van der Waals surface area contributed by atoms with Crippen LogP contribution in [-0.2, 0) is 0 Å². The van der Waals surface area contributed by atoms with Crippen molar-refractivity contribution in [3.8, 4) is 0 Å². The van der Waals surface area contributed by atoms with Crippen LogP contribution in [-0.4, -0.2) is 12.1 Å². The fraction of sp³-hybridized carbons (Fsp3) is 0.0909. The Labute approximate surface area is 87.3 Å². The molecule has 0 fully saturated rings. The molecule has 0 heterocycles. The Morgan fingerprint density at radius 1 is 1.47 bits per heavy atom. The third-order valence-electron chi connectivity index (χ3n) is 1.64. The molecule has 0 unspecified atom stereocenters. The summed E-state index contributed by atoms with van der Waals surface area (Å²) in [5, 5.41) is 3.60. The van der Waals surface area contributed by atoms with Crippen LogP contribution in [0.25, 0.3) is 0 Å². The van der Waals surface area contributed by atoms with Gasteiger partial charge in [-0.25, -0.2) is 9.82 Å². The molecular weight excluding hydrogens is 195 g/mol. The van der Waals surface area contributed by atoms with E-state index in [1.165, 1.54) is 24.4 Å². The Hall–Kier alpha value is -1.97. The standard InChI is InChI=1S/C11H11FN2O/c1-2-3-8-13-14-11(15)9-6-4-5-7-10(9)12/h2-8H,1H3,(H,14,15)/b3-2+,13-8+. The molecule has 0 radical (unpaired) electrons. The molecule has 0 atom stereocenters. The number of allylic oxidation sites excluding steroid dienone is 2. The van der Waals surface area contributed by atoms with E-state index < -0.39 is 11.7 Å². The van der Waals surface area contributed by atoms with Crippen LogP contribution in [0.5, 0.6) is 0 Å². The maximum Gasteiger partial charge on any atom is 0.274 e. The van der Waals surface area contributed by atoms with Crippen molar-refractivity contribution in [3.63, 3.8) is 0 Å². The minimum Gasteiger partial charge on any atom is -0.267 e. The molecule has 0 aliphatic rings. The van der Waals surface area contributed by atoms with Gasteiger partial charge in [-0.1, -0.05) is 18.2 Å². The zero-order chi connectivity index (χ0) is 11.1. The molecule has 1 rings (SSSR count). The molecule has 0 aliphatic carbocycles. The van der Waals surface area contributed by atoms with E-state index in [1.54, 1.807) is 18.2 Å². The second-order valence-electron chi connectivity index (χ2n) is 2.72. The summed E-state index contributed by atoms with van der Waals surface area (Å²) in [6, 6.07) is 5.74. The first-order chi connectivity index (χ1) is 7.25. The van der Waals surface area contributed by atoms with E-state index in [9.17, 15) is 9.18 Å². The van der Waals surface area contributed by atoms with E-state index in [1.807, 2.05) is 6.92 Å². The lowest BCUT2D eigenvalue weighted by atomic mass is 10.2. The predicted molar refractivity (Wildman–Crippen MR) is 57.2 cm³/mol. The van der Waals surface area contributed by atoms with Crippen LogP contribution in [0.3, 0.4) is 0 Å². The van der Waals surface area contributed by atoms with Gasteiger partial charge in [-0.3, -0.25) is 4.79 Å². The van der Waals surface area contributed by atoms with Crippen LogP contribution in [0.4, 0.5) is 4.39 Å². The van der Waals surface area contributed by atoms with E-state index in [2.05, 4.69) is 10.5 Å². The Balaban J connectivity index is 2.66. The molecule has 1 amide bonds. The average molecular weight is 206 g/mol. The van der Waals surface area contributed by atoms with Crippen molar-refractivity contribution in [3.05, 3.63) is 47.8 Å². The minimum atomic E-state index is -0.561. The van der Waals surface area contributed by atoms with Crippen LogP contribution in [0.2, 0.25) is 0 Å². The molecule has 78 valence electrons. The van der Waals surface area contributed by atoms with Crippen LogP contribution in [0.15, 0.2) is 41.5 Å². The highest BCUT2D eigenvalue weighted by Gasteiger charge is 2.08. The highest BCUT2D eigenvalue weighted by molar-refractivity contribution is 5.94. The van der Waals surface area contributed by atoms with Gasteiger partial charge in [-0.15, -0.1) is 0 Å².